The van der Waals surface area contributed by atoms with Crippen LogP contribution in [-0.4, -0.2) is 54.5 Å². The minimum Gasteiger partial charge on any atom is -0.369 e. The fraction of sp³-hybridized carbons (Fsp3) is 0.438. The van der Waals surface area contributed by atoms with Crippen molar-refractivity contribution in [3.05, 3.63) is 30.6 Å². The number of aromatic nitrogens is 2. The van der Waals surface area contributed by atoms with Gasteiger partial charge in [0.1, 0.15) is 12.1 Å². The monoisotopic (exact) mass is 301 g/mol. The zero-order chi connectivity index (χ0) is 15.8. The second-order valence-corrected chi connectivity index (χ2v) is 5.42. The van der Waals surface area contributed by atoms with Crippen LogP contribution in [0.4, 0.5) is 5.82 Å². The first-order chi connectivity index (χ1) is 10.7. The van der Waals surface area contributed by atoms with Gasteiger partial charge in [-0.3, -0.25) is 4.79 Å². The summed E-state index contributed by atoms with van der Waals surface area (Å²) in [4.78, 5) is 22.2. The van der Waals surface area contributed by atoms with E-state index in [1.54, 1.807) is 6.33 Å². The molecule has 22 heavy (non-hydrogen) atoms. The normalized spacial score (nSPS) is 10.9. The van der Waals surface area contributed by atoms with Crippen LogP contribution >= 0.6 is 0 Å². The first-order valence-electron chi connectivity index (χ1n) is 7.52. The molecule has 1 aromatic heterocycles. The molecule has 1 heterocycles. The van der Waals surface area contributed by atoms with Crippen molar-refractivity contribution in [2.45, 2.75) is 12.8 Å². The molecule has 2 rings (SSSR count). The van der Waals surface area contributed by atoms with Crippen LogP contribution < -0.4 is 10.6 Å². The fourth-order valence-electron chi connectivity index (χ4n) is 2.11. The molecule has 0 saturated carbocycles. The Balaban J connectivity index is 1.73. The van der Waals surface area contributed by atoms with Gasteiger partial charge < -0.3 is 15.5 Å². The molecule has 1 amide bonds. The summed E-state index contributed by atoms with van der Waals surface area (Å²) in [6.07, 6.45) is 2.84. The largest absolute Gasteiger partial charge is 0.369 e. The minimum atomic E-state index is 0.0937. The van der Waals surface area contributed by atoms with Crippen molar-refractivity contribution in [1.82, 2.24) is 20.2 Å². The van der Waals surface area contributed by atoms with E-state index in [2.05, 4.69) is 20.6 Å². The van der Waals surface area contributed by atoms with Gasteiger partial charge in [-0.1, -0.05) is 12.1 Å². The third kappa shape index (κ3) is 4.96. The van der Waals surface area contributed by atoms with E-state index in [1.807, 2.05) is 43.3 Å². The number of carbonyl (C=O) groups is 1. The van der Waals surface area contributed by atoms with Crippen LogP contribution in [0.5, 0.6) is 0 Å². The topological polar surface area (TPSA) is 70.2 Å². The Morgan fingerprint density at radius 3 is 2.82 bits per heavy atom. The van der Waals surface area contributed by atoms with E-state index in [1.165, 1.54) is 0 Å². The number of nitrogens with zero attached hydrogens (tertiary/aromatic N) is 3. The zero-order valence-electron chi connectivity index (χ0n) is 13.2. The first-order valence-corrected chi connectivity index (χ1v) is 7.52. The van der Waals surface area contributed by atoms with Gasteiger partial charge in [0.25, 0.3) is 0 Å². The molecule has 2 aromatic rings. The molecular formula is C16H23N5O. The summed E-state index contributed by atoms with van der Waals surface area (Å²) in [5.41, 5.74) is 0.918. The van der Waals surface area contributed by atoms with Crippen molar-refractivity contribution in [3.8, 4) is 0 Å². The minimum absolute atomic E-state index is 0.0937. The van der Waals surface area contributed by atoms with Gasteiger partial charge in [-0.05, 0) is 32.6 Å². The average Bonchev–Trinajstić information content (AvgIpc) is 2.51. The lowest BCUT2D eigenvalue weighted by molar-refractivity contribution is -0.121. The van der Waals surface area contributed by atoms with Crippen LogP contribution in [-0.2, 0) is 4.79 Å². The van der Waals surface area contributed by atoms with Crippen molar-refractivity contribution in [1.29, 1.82) is 0 Å². The van der Waals surface area contributed by atoms with Gasteiger partial charge >= 0.3 is 0 Å². The Morgan fingerprint density at radius 1 is 1.18 bits per heavy atom. The summed E-state index contributed by atoms with van der Waals surface area (Å²) in [5, 5.41) is 7.19. The number of likely N-dealkylation sites (N-methyl/N-ethyl adjacent to an activating group) is 1. The lowest BCUT2D eigenvalue weighted by Crippen LogP contribution is -2.31. The lowest BCUT2D eigenvalue weighted by Gasteiger charge is -2.11. The van der Waals surface area contributed by atoms with E-state index in [0.717, 1.165) is 29.7 Å². The maximum atomic E-state index is 11.7. The van der Waals surface area contributed by atoms with Crippen molar-refractivity contribution in [3.63, 3.8) is 0 Å². The highest BCUT2D eigenvalue weighted by molar-refractivity contribution is 5.88. The van der Waals surface area contributed by atoms with Crippen LogP contribution in [0, 0.1) is 0 Å². The van der Waals surface area contributed by atoms with Crippen molar-refractivity contribution in [2.24, 2.45) is 0 Å². The van der Waals surface area contributed by atoms with Crippen molar-refractivity contribution >= 4 is 22.6 Å². The Morgan fingerprint density at radius 2 is 2.00 bits per heavy atom. The number of rotatable bonds is 8. The Hall–Kier alpha value is -2.21. The molecular weight excluding hydrogens is 278 g/mol. The average molecular weight is 301 g/mol. The summed E-state index contributed by atoms with van der Waals surface area (Å²) in [5.74, 6) is 0.912. The van der Waals surface area contributed by atoms with Gasteiger partial charge in [-0.15, -0.1) is 0 Å². The molecule has 0 atom stereocenters. The number of amides is 1. The predicted molar refractivity (Wildman–Crippen MR) is 88.8 cm³/mol. The number of benzene rings is 1. The predicted octanol–water partition coefficient (Wildman–Crippen LogP) is 1.50. The zero-order valence-corrected chi connectivity index (χ0v) is 13.2. The Kier molecular flexibility index (Phi) is 6.09. The molecule has 0 spiro atoms. The summed E-state index contributed by atoms with van der Waals surface area (Å²) < 4.78 is 0. The molecule has 0 unspecified atom stereocenters. The molecule has 1 aromatic carbocycles. The van der Waals surface area contributed by atoms with E-state index < -0.39 is 0 Å². The summed E-state index contributed by atoms with van der Waals surface area (Å²) in [7, 11) is 3.98. The van der Waals surface area contributed by atoms with Crippen LogP contribution in [0.1, 0.15) is 12.8 Å². The second-order valence-electron chi connectivity index (χ2n) is 5.42. The molecule has 6 heteroatoms. The molecule has 2 N–H and O–H groups in total. The quantitative estimate of drug-likeness (QED) is 0.723. The standard InChI is InChI=1S/C16H23N5O/c1-21(2)11-10-17-15(22)8-5-9-18-16-13-6-3-4-7-14(13)19-12-20-16/h3-4,6-7,12H,5,8-11H2,1-2H3,(H,17,22)(H,18,19,20). The first kappa shape index (κ1) is 16.2. The van der Waals surface area contributed by atoms with Gasteiger partial charge in [-0.25, -0.2) is 9.97 Å². The van der Waals surface area contributed by atoms with E-state index in [4.69, 9.17) is 0 Å². The van der Waals surface area contributed by atoms with E-state index in [0.29, 0.717) is 19.5 Å². The number of carbonyl (C=O) groups excluding carboxylic acids is 1. The van der Waals surface area contributed by atoms with Gasteiger partial charge in [0.2, 0.25) is 5.91 Å². The van der Waals surface area contributed by atoms with Gasteiger partial charge in [0.05, 0.1) is 5.52 Å². The van der Waals surface area contributed by atoms with Crippen LogP contribution in [0.15, 0.2) is 30.6 Å². The van der Waals surface area contributed by atoms with Gasteiger partial charge in [-0.2, -0.15) is 0 Å². The number of hydrogen-bond donors (Lipinski definition) is 2. The van der Waals surface area contributed by atoms with Crippen LogP contribution in [0.25, 0.3) is 10.9 Å². The molecule has 0 fully saturated rings. The molecule has 118 valence electrons. The molecule has 0 aliphatic rings. The van der Waals surface area contributed by atoms with Crippen LogP contribution in [0.3, 0.4) is 0 Å². The molecule has 0 radical (unpaired) electrons. The SMILES string of the molecule is CN(C)CCNC(=O)CCCNc1ncnc2ccccc12. The van der Waals surface area contributed by atoms with E-state index in [9.17, 15) is 4.79 Å². The maximum Gasteiger partial charge on any atom is 0.220 e. The van der Waals surface area contributed by atoms with Gasteiger partial charge in [0.15, 0.2) is 0 Å². The smallest absolute Gasteiger partial charge is 0.220 e. The number of fused-ring (bicyclic) bond motifs is 1. The Bertz CT molecular complexity index is 609. The summed E-state index contributed by atoms with van der Waals surface area (Å²) in [6, 6.07) is 7.87. The Labute approximate surface area is 130 Å². The number of nitrogens with one attached hydrogen (secondary N) is 2. The third-order valence-corrected chi connectivity index (χ3v) is 3.30. The van der Waals surface area contributed by atoms with Crippen molar-refractivity contribution < 1.29 is 4.79 Å². The fourth-order valence-corrected chi connectivity index (χ4v) is 2.11. The molecule has 0 aliphatic carbocycles. The lowest BCUT2D eigenvalue weighted by atomic mass is 10.2. The highest BCUT2D eigenvalue weighted by Crippen LogP contribution is 2.18. The second kappa shape index (κ2) is 8.29. The molecule has 0 aliphatic heterocycles. The molecule has 6 nitrogen and oxygen atoms in total. The maximum absolute atomic E-state index is 11.7. The number of hydrogen-bond acceptors (Lipinski definition) is 5. The highest BCUT2D eigenvalue weighted by Gasteiger charge is 2.04. The molecule has 0 bridgehead atoms. The summed E-state index contributed by atoms with van der Waals surface area (Å²) in [6.45, 7) is 2.26. The number of anilines is 1. The highest BCUT2D eigenvalue weighted by atomic mass is 16.1. The number of para-hydroxylation sites is 1. The van der Waals surface area contributed by atoms with E-state index >= 15 is 0 Å². The van der Waals surface area contributed by atoms with Gasteiger partial charge in [0, 0.05) is 31.4 Å². The third-order valence-electron chi connectivity index (χ3n) is 3.30. The van der Waals surface area contributed by atoms with Crippen molar-refractivity contribution in [2.75, 3.05) is 39.0 Å². The summed E-state index contributed by atoms with van der Waals surface area (Å²) >= 11 is 0. The molecule has 0 saturated heterocycles. The van der Waals surface area contributed by atoms with E-state index in [-0.39, 0.29) is 5.91 Å². The van der Waals surface area contributed by atoms with Crippen LogP contribution in [0.2, 0.25) is 0 Å².